The number of carbonyl (C=O) groups is 1. The first-order chi connectivity index (χ1) is 10.6. The van der Waals surface area contributed by atoms with Gasteiger partial charge in [-0.1, -0.05) is 31.0 Å². The molecule has 6 heteroatoms. The summed E-state index contributed by atoms with van der Waals surface area (Å²) in [6.07, 6.45) is 4.85. The second-order valence-electron chi connectivity index (χ2n) is 5.74. The lowest BCUT2D eigenvalue weighted by Gasteiger charge is -2.27. The lowest BCUT2D eigenvalue weighted by molar-refractivity contribution is 0.0830. The van der Waals surface area contributed by atoms with E-state index in [1.807, 2.05) is 30.3 Å². The fourth-order valence-electron chi connectivity index (χ4n) is 2.91. The average molecular weight is 301 g/mol. The number of nitrogens with one attached hydrogen (secondary N) is 1. The Bertz CT molecular complexity index is 661. The molecular formula is C16H19N3O3. The molecule has 0 spiro atoms. The smallest absolute Gasteiger partial charge is 0.276 e. The molecule has 1 aromatic carbocycles. The van der Waals surface area contributed by atoms with Crippen LogP contribution in [0.1, 0.15) is 36.2 Å². The van der Waals surface area contributed by atoms with E-state index in [0.29, 0.717) is 0 Å². The number of benzene rings is 1. The van der Waals surface area contributed by atoms with Gasteiger partial charge in [-0.15, -0.1) is 0 Å². The normalized spacial score (nSPS) is 16.6. The number of hydrogen-bond donors (Lipinski definition) is 3. The lowest BCUT2D eigenvalue weighted by atomic mass is 9.99. The number of nitrogens with zero attached hydrogens (tertiary/aromatic N) is 2. The Morgan fingerprint density at radius 1 is 1.27 bits per heavy atom. The van der Waals surface area contributed by atoms with E-state index in [9.17, 15) is 15.0 Å². The summed E-state index contributed by atoms with van der Waals surface area (Å²) < 4.78 is 1.46. The SMILES string of the molecule is O=C(NC1(CO)CCCC1)c1nn(-c2ccccc2)cc1O. The molecule has 1 amide bonds. The molecule has 1 saturated carbocycles. The molecule has 0 radical (unpaired) electrons. The third-order valence-electron chi connectivity index (χ3n) is 4.17. The first-order valence-corrected chi connectivity index (χ1v) is 7.41. The molecule has 22 heavy (non-hydrogen) atoms. The Morgan fingerprint density at radius 2 is 1.95 bits per heavy atom. The van der Waals surface area contributed by atoms with Gasteiger partial charge in [0, 0.05) is 0 Å². The summed E-state index contributed by atoms with van der Waals surface area (Å²) in [5.41, 5.74) is 0.151. The molecule has 0 unspecified atom stereocenters. The van der Waals surface area contributed by atoms with E-state index in [4.69, 9.17) is 0 Å². The van der Waals surface area contributed by atoms with Crippen LogP contribution in [-0.4, -0.2) is 38.0 Å². The van der Waals surface area contributed by atoms with E-state index in [1.54, 1.807) is 0 Å². The summed E-state index contributed by atoms with van der Waals surface area (Å²) in [6.45, 7) is -0.0983. The summed E-state index contributed by atoms with van der Waals surface area (Å²) >= 11 is 0. The number of aromatic nitrogens is 2. The molecule has 0 atom stereocenters. The molecule has 1 aromatic heterocycles. The molecule has 1 heterocycles. The third kappa shape index (κ3) is 2.69. The maximum absolute atomic E-state index is 12.4. The highest BCUT2D eigenvalue weighted by atomic mass is 16.3. The predicted molar refractivity (Wildman–Crippen MR) is 81.0 cm³/mol. The maximum Gasteiger partial charge on any atom is 0.276 e. The topological polar surface area (TPSA) is 87.4 Å². The fourth-order valence-corrected chi connectivity index (χ4v) is 2.91. The third-order valence-corrected chi connectivity index (χ3v) is 4.17. The molecule has 3 N–H and O–H groups in total. The Labute approximate surface area is 128 Å². The second kappa shape index (κ2) is 5.81. The molecule has 0 bridgehead atoms. The van der Waals surface area contributed by atoms with Crippen LogP contribution in [0.3, 0.4) is 0 Å². The molecule has 116 valence electrons. The molecule has 6 nitrogen and oxygen atoms in total. The van der Waals surface area contributed by atoms with Gasteiger partial charge in [-0.2, -0.15) is 5.10 Å². The lowest BCUT2D eigenvalue weighted by Crippen LogP contribution is -2.49. The van der Waals surface area contributed by atoms with Crippen molar-refractivity contribution in [3.05, 3.63) is 42.2 Å². The zero-order valence-corrected chi connectivity index (χ0v) is 12.2. The van der Waals surface area contributed by atoms with Crippen molar-refractivity contribution in [2.24, 2.45) is 0 Å². The van der Waals surface area contributed by atoms with Gasteiger partial charge in [-0.05, 0) is 25.0 Å². The van der Waals surface area contributed by atoms with Crippen molar-refractivity contribution in [2.75, 3.05) is 6.61 Å². The molecule has 2 aromatic rings. The van der Waals surface area contributed by atoms with Gasteiger partial charge in [0.15, 0.2) is 11.4 Å². The summed E-state index contributed by atoms with van der Waals surface area (Å²) in [4.78, 5) is 12.4. The van der Waals surface area contributed by atoms with Crippen molar-refractivity contribution >= 4 is 5.91 Å². The molecule has 1 fully saturated rings. The molecule has 0 aliphatic heterocycles. The quantitative estimate of drug-likeness (QED) is 0.800. The van der Waals surface area contributed by atoms with Crippen LogP contribution < -0.4 is 5.32 Å². The van der Waals surface area contributed by atoms with E-state index in [-0.39, 0.29) is 18.1 Å². The van der Waals surface area contributed by atoms with Crippen LogP contribution in [0, 0.1) is 0 Å². The number of hydrogen-bond acceptors (Lipinski definition) is 4. The van der Waals surface area contributed by atoms with Crippen molar-refractivity contribution < 1.29 is 15.0 Å². The van der Waals surface area contributed by atoms with Crippen LogP contribution in [0.4, 0.5) is 0 Å². The van der Waals surface area contributed by atoms with Crippen molar-refractivity contribution in [1.82, 2.24) is 15.1 Å². The molecule has 0 saturated heterocycles. The zero-order chi connectivity index (χ0) is 15.6. The highest BCUT2D eigenvalue weighted by Gasteiger charge is 2.36. The number of carbonyl (C=O) groups excluding carboxylic acids is 1. The van der Waals surface area contributed by atoms with Gasteiger partial charge in [-0.25, -0.2) is 4.68 Å². The maximum atomic E-state index is 12.4. The number of aliphatic hydroxyl groups is 1. The van der Waals surface area contributed by atoms with Crippen LogP contribution >= 0.6 is 0 Å². The van der Waals surface area contributed by atoms with Crippen LogP contribution in [-0.2, 0) is 0 Å². The van der Waals surface area contributed by atoms with Crippen molar-refractivity contribution in [3.8, 4) is 11.4 Å². The van der Waals surface area contributed by atoms with Crippen LogP contribution in [0.25, 0.3) is 5.69 Å². The number of aliphatic hydroxyl groups excluding tert-OH is 1. The standard InChI is InChI=1S/C16H19N3O3/c20-11-16(8-4-5-9-16)17-15(22)14-13(21)10-19(18-14)12-6-2-1-3-7-12/h1-3,6-7,10,20-21H,4-5,8-9,11H2,(H,17,22). The van der Waals surface area contributed by atoms with Crippen molar-refractivity contribution in [1.29, 1.82) is 0 Å². The second-order valence-corrected chi connectivity index (χ2v) is 5.74. The zero-order valence-electron chi connectivity index (χ0n) is 12.2. The minimum Gasteiger partial charge on any atom is -0.504 e. The van der Waals surface area contributed by atoms with Crippen molar-refractivity contribution in [2.45, 2.75) is 31.2 Å². The van der Waals surface area contributed by atoms with Crippen molar-refractivity contribution in [3.63, 3.8) is 0 Å². The number of rotatable bonds is 4. The summed E-state index contributed by atoms with van der Waals surface area (Å²) in [5, 5.41) is 26.5. The largest absolute Gasteiger partial charge is 0.504 e. The Balaban J connectivity index is 1.83. The van der Waals surface area contributed by atoms with Crippen LogP contribution in [0.15, 0.2) is 36.5 Å². The van der Waals surface area contributed by atoms with E-state index in [1.165, 1.54) is 10.9 Å². The van der Waals surface area contributed by atoms with E-state index < -0.39 is 11.4 Å². The van der Waals surface area contributed by atoms with Gasteiger partial charge in [0.1, 0.15) is 0 Å². The van der Waals surface area contributed by atoms with Crippen LogP contribution in [0.5, 0.6) is 5.75 Å². The molecule has 1 aliphatic rings. The van der Waals surface area contributed by atoms with Gasteiger partial charge >= 0.3 is 0 Å². The highest BCUT2D eigenvalue weighted by molar-refractivity contribution is 5.95. The number of aromatic hydroxyl groups is 1. The molecule has 1 aliphatic carbocycles. The first-order valence-electron chi connectivity index (χ1n) is 7.41. The highest BCUT2D eigenvalue weighted by Crippen LogP contribution is 2.30. The van der Waals surface area contributed by atoms with E-state index >= 15 is 0 Å². The minimum absolute atomic E-state index is 0.0245. The Hall–Kier alpha value is -2.34. The fraction of sp³-hybridized carbons (Fsp3) is 0.375. The molecule has 3 rings (SSSR count). The van der Waals surface area contributed by atoms with Gasteiger partial charge in [0.2, 0.25) is 0 Å². The Kier molecular flexibility index (Phi) is 3.85. The summed E-state index contributed by atoms with van der Waals surface area (Å²) in [5.74, 6) is -0.629. The summed E-state index contributed by atoms with van der Waals surface area (Å²) in [6, 6.07) is 9.26. The van der Waals surface area contributed by atoms with Gasteiger partial charge in [0.25, 0.3) is 5.91 Å². The monoisotopic (exact) mass is 301 g/mol. The van der Waals surface area contributed by atoms with E-state index in [2.05, 4.69) is 10.4 Å². The number of para-hydroxylation sites is 1. The average Bonchev–Trinajstić information content (AvgIpc) is 3.15. The molecular weight excluding hydrogens is 282 g/mol. The predicted octanol–water partition coefficient (Wildman–Crippen LogP) is 1.61. The van der Waals surface area contributed by atoms with Gasteiger partial charge in [0.05, 0.1) is 24.0 Å². The first kappa shape index (κ1) is 14.6. The van der Waals surface area contributed by atoms with Gasteiger partial charge in [-0.3, -0.25) is 4.79 Å². The number of amides is 1. The minimum atomic E-state index is -0.583. The van der Waals surface area contributed by atoms with Gasteiger partial charge < -0.3 is 15.5 Å². The Morgan fingerprint density at radius 3 is 2.59 bits per heavy atom. The van der Waals surface area contributed by atoms with E-state index in [0.717, 1.165) is 31.4 Å². The summed E-state index contributed by atoms with van der Waals surface area (Å²) in [7, 11) is 0. The van der Waals surface area contributed by atoms with Crippen LogP contribution in [0.2, 0.25) is 0 Å².